The van der Waals surface area contributed by atoms with Crippen LogP contribution >= 0.6 is 12.6 Å². The van der Waals surface area contributed by atoms with E-state index in [1.54, 1.807) is 0 Å². The van der Waals surface area contributed by atoms with Gasteiger partial charge >= 0.3 is 12.2 Å². The Hall–Kier alpha value is -1.48. The van der Waals surface area contributed by atoms with E-state index in [1.807, 2.05) is 0 Å². The van der Waals surface area contributed by atoms with E-state index in [4.69, 9.17) is 14.2 Å². The number of alkyl carbamates (subject to hydrolysis) is 2. The van der Waals surface area contributed by atoms with Crippen LogP contribution in [0, 0.1) is 0 Å². The molecule has 2 N–H and O–H groups in total. The summed E-state index contributed by atoms with van der Waals surface area (Å²) in [6.07, 6.45) is 0.491. The van der Waals surface area contributed by atoms with E-state index in [1.165, 1.54) is 14.1 Å². The van der Waals surface area contributed by atoms with Crippen LogP contribution in [0.2, 0.25) is 0 Å². The van der Waals surface area contributed by atoms with Crippen molar-refractivity contribution in [2.75, 3.05) is 39.7 Å². The standard InChI is InChI=1S/C14H26N2O6S/c1-15-13(18)21-9-12(10-22-14(19)16-2)20-7-3-5-11(17)6-4-8-23/h12,23H,3-10H2,1-2H3,(H,15,18)(H,16,19). The van der Waals surface area contributed by atoms with Crippen LogP contribution < -0.4 is 10.6 Å². The Morgan fingerprint density at radius 2 is 1.48 bits per heavy atom. The summed E-state index contributed by atoms with van der Waals surface area (Å²) in [6, 6.07) is 0. The lowest BCUT2D eigenvalue weighted by Gasteiger charge is -2.17. The molecular formula is C14H26N2O6S. The highest BCUT2D eigenvalue weighted by Crippen LogP contribution is 2.03. The molecule has 0 aromatic rings. The molecule has 0 atom stereocenters. The lowest BCUT2D eigenvalue weighted by Crippen LogP contribution is -2.33. The van der Waals surface area contributed by atoms with Gasteiger partial charge in [-0.3, -0.25) is 4.79 Å². The predicted octanol–water partition coefficient (Wildman–Crippen LogP) is 1.14. The van der Waals surface area contributed by atoms with E-state index >= 15 is 0 Å². The summed E-state index contributed by atoms with van der Waals surface area (Å²) >= 11 is 4.06. The fraction of sp³-hybridized carbons (Fsp3) is 0.786. The van der Waals surface area contributed by atoms with Crippen LogP contribution in [0.5, 0.6) is 0 Å². The molecule has 0 heterocycles. The lowest BCUT2D eigenvalue weighted by atomic mass is 10.1. The minimum Gasteiger partial charge on any atom is -0.447 e. The Morgan fingerprint density at radius 3 is 1.96 bits per heavy atom. The molecular weight excluding hydrogens is 324 g/mol. The van der Waals surface area contributed by atoms with Gasteiger partial charge in [-0.25, -0.2) is 9.59 Å². The van der Waals surface area contributed by atoms with Gasteiger partial charge in [-0.1, -0.05) is 0 Å². The van der Waals surface area contributed by atoms with Crippen molar-refractivity contribution >= 4 is 30.6 Å². The van der Waals surface area contributed by atoms with Crippen molar-refractivity contribution in [2.24, 2.45) is 0 Å². The molecule has 0 radical (unpaired) electrons. The first kappa shape index (κ1) is 21.5. The highest BCUT2D eigenvalue weighted by atomic mass is 32.1. The van der Waals surface area contributed by atoms with Gasteiger partial charge in [0.15, 0.2) is 0 Å². The third-order valence-electron chi connectivity index (χ3n) is 2.78. The van der Waals surface area contributed by atoms with Crippen molar-refractivity contribution in [2.45, 2.75) is 31.8 Å². The van der Waals surface area contributed by atoms with Gasteiger partial charge < -0.3 is 24.8 Å². The third kappa shape index (κ3) is 12.7. The minimum atomic E-state index is -0.597. The zero-order chi connectivity index (χ0) is 17.5. The predicted molar refractivity (Wildman–Crippen MR) is 87.9 cm³/mol. The summed E-state index contributed by atoms with van der Waals surface area (Å²) in [5.74, 6) is 0.861. The zero-order valence-corrected chi connectivity index (χ0v) is 14.5. The van der Waals surface area contributed by atoms with Crippen molar-refractivity contribution < 1.29 is 28.6 Å². The fourth-order valence-electron chi connectivity index (χ4n) is 1.55. The van der Waals surface area contributed by atoms with Gasteiger partial charge in [-0.15, -0.1) is 0 Å². The Labute approximate surface area is 142 Å². The van der Waals surface area contributed by atoms with E-state index in [2.05, 4.69) is 23.3 Å². The second-order valence-electron chi connectivity index (χ2n) is 4.66. The molecule has 9 heteroatoms. The summed E-state index contributed by atoms with van der Waals surface area (Å²) < 4.78 is 15.3. The van der Waals surface area contributed by atoms with Crippen molar-refractivity contribution in [3.05, 3.63) is 0 Å². The van der Waals surface area contributed by atoms with Crippen LogP contribution in [0.1, 0.15) is 25.7 Å². The number of ether oxygens (including phenoxy) is 3. The number of carbonyl (C=O) groups excluding carboxylic acids is 3. The van der Waals surface area contributed by atoms with E-state index in [0.29, 0.717) is 31.6 Å². The van der Waals surface area contributed by atoms with Gasteiger partial charge in [-0.2, -0.15) is 12.6 Å². The molecule has 0 fully saturated rings. The van der Waals surface area contributed by atoms with E-state index < -0.39 is 18.3 Å². The maximum atomic E-state index is 11.5. The van der Waals surface area contributed by atoms with Crippen LogP contribution in [0.4, 0.5) is 9.59 Å². The van der Waals surface area contributed by atoms with Gasteiger partial charge in [0.05, 0.1) is 0 Å². The van der Waals surface area contributed by atoms with Crippen molar-refractivity contribution in [1.82, 2.24) is 10.6 Å². The summed E-state index contributed by atoms with van der Waals surface area (Å²) in [5.41, 5.74) is 0. The first-order valence-corrected chi connectivity index (χ1v) is 8.09. The summed E-state index contributed by atoms with van der Waals surface area (Å²) in [5, 5.41) is 4.62. The molecule has 23 heavy (non-hydrogen) atoms. The summed E-state index contributed by atoms with van der Waals surface area (Å²) in [7, 11) is 2.88. The molecule has 0 aromatic heterocycles. The quantitative estimate of drug-likeness (QED) is 0.360. The van der Waals surface area contributed by atoms with E-state index in [-0.39, 0.29) is 19.0 Å². The Kier molecular flexibility index (Phi) is 13.2. The SMILES string of the molecule is CNC(=O)OCC(COC(=O)NC)OCCCC(=O)CCCS. The molecule has 0 rings (SSSR count). The van der Waals surface area contributed by atoms with Gasteiger partial charge in [0, 0.05) is 33.5 Å². The normalized spacial score (nSPS) is 10.3. The smallest absolute Gasteiger partial charge is 0.406 e. The van der Waals surface area contributed by atoms with Crippen molar-refractivity contribution in [3.8, 4) is 0 Å². The van der Waals surface area contributed by atoms with Crippen LogP contribution in [0.25, 0.3) is 0 Å². The number of nitrogens with one attached hydrogen (secondary N) is 2. The van der Waals surface area contributed by atoms with Gasteiger partial charge in [0.2, 0.25) is 0 Å². The number of carbonyl (C=O) groups is 3. The van der Waals surface area contributed by atoms with Crippen molar-refractivity contribution in [3.63, 3.8) is 0 Å². The third-order valence-corrected chi connectivity index (χ3v) is 3.09. The number of hydrogen-bond donors (Lipinski definition) is 3. The maximum absolute atomic E-state index is 11.5. The number of thiol groups is 1. The highest BCUT2D eigenvalue weighted by molar-refractivity contribution is 7.80. The number of hydrogen-bond acceptors (Lipinski definition) is 7. The lowest BCUT2D eigenvalue weighted by molar-refractivity contribution is -0.119. The molecule has 0 bridgehead atoms. The fourth-order valence-corrected chi connectivity index (χ4v) is 1.70. The molecule has 134 valence electrons. The molecule has 8 nitrogen and oxygen atoms in total. The zero-order valence-electron chi connectivity index (χ0n) is 13.6. The molecule has 0 unspecified atom stereocenters. The maximum Gasteiger partial charge on any atom is 0.406 e. The highest BCUT2D eigenvalue weighted by Gasteiger charge is 2.15. The number of Topliss-reactive ketones (excluding diaryl/α,β-unsaturated/α-hetero) is 1. The van der Waals surface area contributed by atoms with Gasteiger partial charge in [-0.05, 0) is 18.6 Å². The van der Waals surface area contributed by atoms with Crippen LogP contribution in [-0.4, -0.2) is 63.7 Å². The Balaban J connectivity index is 4.05. The monoisotopic (exact) mass is 350 g/mol. The van der Waals surface area contributed by atoms with E-state index in [0.717, 1.165) is 6.42 Å². The molecule has 0 spiro atoms. The molecule has 0 aliphatic heterocycles. The topological polar surface area (TPSA) is 103 Å². The first-order chi connectivity index (χ1) is 11.0. The van der Waals surface area contributed by atoms with Gasteiger partial charge in [0.1, 0.15) is 25.1 Å². The second kappa shape index (κ2) is 14.1. The largest absolute Gasteiger partial charge is 0.447 e. The van der Waals surface area contributed by atoms with Crippen molar-refractivity contribution in [1.29, 1.82) is 0 Å². The van der Waals surface area contributed by atoms with E-state index in [9.17, 15) is 14.4 Å². The Bertz CT molecular complexity index is 347. The second-order valence-corrected chi connectivity index (χ2v) is 5.11. The average Bonchev–Trinajstić information content (AvgIpc) is 2.57. The van der Waals surface area contributed by atoms with Gasteiger partial charge in [0.25, 0.3) is 0 Å². The minimum absolute atomic E-state index is 0.0513. The van der Waals surface area contributed by atoms with Crippen LogP contribution in [0.15, 0.2) is 0 Å². The summed E-state index contributed by atoms with van der Waals surface area (Å²) in [6.45, 7) is 0.208. The molecule has 0 aromatic carbocycles. The molecule has 0 saturated carbocycles. The number of rotatable bonds is 12. The first-order valence-electron chi connectivity index (χ1n) is 7.46. The number of amides is 2. The molecule has 0 aliphatic rings. The summed E-state index contributed by atoms with van der Waals surface area (Å²) in [4.78, 5) is 33.7. The van der Waals surface area contributed by atoms with Crippen LogP contribution in [-0.2, 0) is 19.0 Å². The Morgan fingerprint density at radius 1 is 0.957 bits per heavy atom. The molecule has 0 saturated heterocycles. The van der Waals surface area contributed by atoms with Crippen LogP contribution in [0.3, 0.4) is 0 Å². The average molecular weight is 350 g/mol. The number of ketones is 1. The molecule has 0 aliphatic carbocycles. The molecule has 2 amide bonds.